The van der Waals surface area contributed by atoms with E-state index in [1.165, 1.54) is 12.8 Å². The molecule has 1 aliphatic carbocycles. The van der Waals surface area contributed by atoms with Gasteiger partial charge in [-0.25, -0.2) is 9.97 Å². The van der Waals surface area contributed by atoms with Crippen molar-refractivity contribution in [2.75, 3.05) is 6.61 Å². The summed E-state index contributed by atoms with van der Waals surface area (Å²) in [5.74, 6) is 2.01. The molecule has 1 saturated carbocycles. The van der Waals surface area contributed by atoms with Crippen LogP contribution in [0, 0.1) is 0 Å². The topological polar surface area (TPSA) is 47.0 Å². The largest absolute Gasteiger partial charge is 0.490 e. The molecule has 1 aliphatic rings. The van der Waals surface area contributed by atoms with Crippen LogP contribution in [0.4, 0.5) is 0 Å². The van der Waals surface area contributed by atoms with E-state index in [9.17, 15) is 0 Å². The van der Waals surface area contributed by atoms with Gasteiger partial charge in [0.1, 0.15) is 5.82 Å². The molecule has 1 aromatic heterocycles. The van der Waals surface area contributed by atoms with E-state index in [0.717, 1.165) is 35.8 Å². The van der Waals surface area contributed by atoms with E-state index in [-0.39, 0.29) is 0 Å². The molecule has 110 valence electrons. The molecule has 0 radical (unpaired) electrons. The van der Waals surface area contributed by atoms with Crippen molar-refractivity contribution < 1.29 is 4.74 Å². The smallest absolute Gasteiger partial charge is 0.160 e. The molecule has 0 unspecified atom stereocenters. The van der Waals surface area contributed by atoms with Crippen molar-refractivity contribution in [2.45, 2.75) is 58.5 Å². The van der Waals surface area contributed by atoms with Crippen LogP contribution in [0.1, 0.15) is 57.5 Å². The molecule has 20 heavy (non-hydrogen) atoms. The molecular formula is C16H25N3O. The van der Waals surface area contributed by atoms with E-state index in [0.29, 0.717) is 18.6 Å². The molecule has 0 bridgehead atoms. The summed E-state index contributed by atoms with van der Waals surface area (Å²) in [6.45, 7) is 11.5. The molecule has 4 nitrogen and oxygen atoms in total. The molecular weight excluding hydrogens is 250 g/mol. The third-order valence-electron chi connectivity index (χ3n) is 3.29. The van der Waals surface area contributed by atoms with Crippen LogP contribution in [0.3, 0.4) is 0 Å². The van der Waals surface area contributed by atoms with Gasteiger partial charge in [-0.15, -0.1) is 6.58 Å². The maximum Gasteiger partial charge on any atom is 0.160 e. The Labute approximate surface area is 121 Å². The fourth-order valence-electron chi connectivity index (χ4n) is 1.81. The number of hydrogen-bond donors (Lipinski definition) is 1. The highest BCUT2D eigenvalue weighted by Gasteiger charge is 2.21. The summed E-state index contributed by atoms with van der Waals surface area (Å²) < 4.78 is 5.81. The highest BCUT2D eigenvalue weighted by molar-refractivity contribution is 5.25. The maximum absolute atomic E-state index is 5.81. The quantitative estimate of drug-likeness (QED) is 0.740. The van der Waals surface area contributed by atoms with Gasteiger partial charge in [-0.05, 0) is 19.8 Å². The zero-order valence-corrected chi connectivity index (χ0v) is 12.8. The van der Waals surface area contributed by atoms with E-state index >= 15 is 0 Å². The van der Waals surface area contributed by atoms with E-state index < -0.39 is 0 Å². The van der Waals surface area contributed by atoms with Gasteiger partial charge in [0.15, 0.2) is 5.75 Å². The summed E-state index contributed by atoms with van der Waals surface area (Å²) in [6.07, 6.45) is 5.22. The average molecular weight is 275 g/mol. The van der Waals surface area contributed by atoms with Gasteiger partial charge in [0.25, 0.3) is 0 Å². The first kappa shape index (κ1) is 15.0. The van der Waals surface area contributed by atoms with Crippen LogP contribution in [-0.4, -0.2) is 22.6 Å². The second-order valence-corrected chi connectivity index (χ2v) is 5.90. The first-order valence-electron chi connectivity index (χ1n) is 7.42. The Bertz CT molecular complexity index is 467. The SMILES string of the molecule is C=C(C)CCOc1cnc(C(C)C)nc1CNC1CC1. The van der Waals surface area contributed by atoms with Crippen LogP contribution in [0.2, 0.25) is 0 Å². The van der Waals surface area contributed by atoms with Gasteiger partial charge < -0.3 is 10.1 Å². The molecule has 1 fully saturated rings. The van der Waals surface area contributed by atoms with E-state index in [4.69, 9.17) is 4.74 Å². The summed E-state index contributed by atoms with van der Waals surface area (Å²) in [5.41, 5.74) is 2.10. The highest BCUT2D eigenvalue weighted by atomic mass is 16.5. The predicted molar refractivity (Wildman–Crippen MR) is 80.9 cm³/mol. The Morgan fingerprint density at radius 1 is 1.50 bits per heavy atom. The second-order valence-electron chi connectivity index (χ2n) is 5.90. The van der Waals surface area contributed by atoms with Crippen molar-refractivity contribution in [3.63, 3.8) is 0 Å². The van der Waals surface area contributed by atoms with Crippen LogP contribution in [0.25, 0.3) is 0 Å². The van der Waals surface area contributed by atoms with Crippen LogP contribution in [-0.2, 0) is 6.54 Å². The van der Waals surface area contributed by atoms with E-state index in [2.05, 4.69) is 35.7 Å². The lowest BCUT2D eigenvalue weighted by Gasteiger charge is -2.13. The number of nitrogens with zero attached hydrogens (tertiary/aromatic N) is 2. The highest BCUT2D eigenvalue weighted by Crippen LogP contribution is 2.22. The van der Waals surface area contributed by atoms with Crippen molar-refractivity contribution in [1.29, 1.82) is 0 Å². The van der Waals surface area contributed by atoms with Gasteiger partial charge >= 0.3 is 0 Å². The van der Waals surface area contributed by atoms with Crippen molar-refractivity contribution in [2.24, 2.45) is 0 Å². The fraction of sp³-hybridized carbons (Fsp3) is 0.625. The summed E-state index contributed by atoms with van der Waals surface area (Å²) >= 11 is 0. The summed E-state index contributed by atoms with van der Waals surface area (Å²) in [5, 5.41) is 3.49. The molecule has 0 amide bonds. The Morgan fingerprint density at radius 2 is 2.25 bits per heavy atom. The summed E-state index contributed by atoms with van der Waals surface area (Å²) in [6, 6.07) is 0.663. The van der Waals surface area contributed by atoms with Crippen LogP contribution >= 0.6 is 0 Å². The van der Waals surface area contributed by atoms with Crippen LogP contribution in [0.15, 0.2) is 18.3 Å². The minimum Gasteiger partial charge on any atom is -0.490 e. The third kappa shape index (κ3) is 4.60. The lowest BCUT2D eigenvalue weighted by molar-refractivity contribution is 0.313. The summed E-state index contributed by atoms with van der Waals surface area (Å²) in [7, 11) is 0. The molecule has 4 heteroatoms. The van der Waals surface area contributed by atoms with Gasteiger partial charge in [-0.3, -0.25) is 0 Å². The molecule has 0 saturated heterocycles. The maximum atomic E-state index is 5.81. The number of aromatic nitrogens is 2. The number of ether oxygens (including phenoxy) is 1. The molecule has 0 spiro atoms. The van der Waals surface area contributed by atoms with Crippen molar-refractivity contribution in [3.05, 3.63) is 29.9 Å². The van der Waals surface area contributed by atoms with Gasteiger partial charge in [-0.1, -0.05) is 19.4 Å². The Kier molecular flexibility index (Phi) is 5.12. The van der Waals surface area contributed by atoms with Gasteiger partial charge in [-0.2, -0.15) is 0 Å². The predicted octanol–water partition coefficient (Wildman–Crippen LogP) is 3.20. The Hall–Kier alpha value is -1.42. The van der Waals surface area contributed by atoms with Crippen molar-refractivity contribution in [3.8, 4) is 5.75 Å². The minimum absolute atomic E-state index is 0.333. The number of rotatable bonds is 8. The lowest BCUT2D eigenvalue weighted by Crippen LogP contribution is -2.18. The second kappa shape index (κ2) is 6.84. The van der Waals surface area contributed by atoms with Gasteiger partial charge in [0, 0.05) is 24.9 Å². The Balaban J connectivity index is 2.04. The number of hydrogen-bond acceptors (Lipinski definition) is 4. The van der Waals surface area contributed by atoms with E-state index in [1.54, 1.807) is 0 Å². The van der Waals surface area contributed by atoms with Gasteiger partial charge in [0.05, 0.1) is 18.5 Å². The van der Waals surface area contributed by atoms with Crippen molar-refractivity contribution >= 4 is 0 Å². The first-order chi connectivity index (χ1) is 9.56. The molecule has 0 atom stereocenters. The van der Waals surface area contributed by atoms with Gasteiger partial charge in [0.2, 0.25) is 0 Å². The zero-order valence-electron chi connectivity index (χ0n) is 12.8. The molecule has 0 aromatic carbocycles. The minimum atomic E-state index is 0.333. The molecule has 0 aliphatic heterocycles. The van der Waals surface area contributed by atoms with E-state index in [1.807, 2.05) is 13.1 Å². The fourth-order valence-corrected chi connectivity index (χ4v) is 1.81. The normalized spacial score (nSPS) is 14.6. The van der Waals surface area contributed by atoms with Crippen molar-refractivity contribution in [1.82, 2.24) is 15.3 Å². The Morgan fingerprint density at radius 3 is 2.85 bits per heavy atom. The summed E-state index contributed by atoms with van der Waals surface area (Å²) in [4.78, 5) is 9.04. The average Bonchev–Trinajstić information content (AvgIpc) is 3.20. The van der Waals surface area contributed by atoms with Crippen LogP contribution in [0.5, 0.6) is 5.75 Å². The third-order valence-corrected chi connectivity index (χ3v) is 3.29. The molecule has 1 N–H and O–H groups in total. The first-order valence-corrected chi connectivity index (χ1v) is 7.42. The zero-order chi connectivity index (χ0) is 14.5. The standard InChI is InChI=1S/C16H25N3O/c1-11(2)7-8-20-15-10-18-16(12(3)4)19-14(15)9-17-13-5-6-13/h10,12-13,17H,1,5-9H2,2-4H3. The lowest BCUT2D eigenvalue weighted by atomic mass is 10.2. The molecule has 1 heterocycles. The number of nitrogens with one attached hydrogen (secondary N) is 1. The monoisotopic (exact) mass is 275 g/mol. The molecule has 1 aromatic rings. The molecule has 2 rings (SSSR count). The van der Waals surface area contributed by atoms with Crippen LogP contribution < -0.4 is 10.1 Å².